The third kappa shape index (κ3) is 4.93. The van der Waals surface area contributed by atoms with Gasteiger partial charge in [0.15, 0.2) is 0 Å². The van der Waals surface area contributed by atoms with Crippen LogP contribution in [0, 0.1) is 0 Å². The first-order chi connectivity index (χ1) is 6.47. The second-order valence-corrected chi connectivity index (χ2v) is 2.42. The number of carboxylic acid groups (broad SMARTS) is 1. The third-order valence-corrected chi connectivity index (χ3v) is 1.25. The Morgan fingerprint density at radius 3 is 2.36 bits per heavy atom. The maximum Gasteiger partial charge on any atom is 0.325 e. The highest BCUT2D eigenvalue weighted by Gasteiger charge is 2.13. The number of urea groups is 1. The first kappa shape index (κ1) is 12.2. The van der Waals surface area contributed by atoms with E-state index in [1.807, 2.05) is 10.6 Å². The van der Waals surface area contributed by atoms with Crippen LogP contribution in [0.5, 0.6) is 0 Å². The van der Waals surface area contributed by atoms with Crippen LogP contribution in [0.3, 0.4) is 0 Å². The van der Waals surface area contributed by atoms with E-state index in [-0.39, 0.29) is 0 Å². The Morgan fingerprint density at radius 1 is 1.36 bits per heavy atom. The average Bonchev–Trinajstić information content (AvgIpc) is 2.13. The van der Waals surface area contributed by atoms with Gasteiger partial charge in [-0.1, -0.05) is 0 Å². The molecule has 0 fully saturated rings. The number of amides is 3. The Labute approximate surface area is 79.2 Å². The summed E-state index contributed by atoms with van der Waals surface area (Å²) in [6, 6.07) is -1.85. The van der Waals surface area contributed by atoms with Gasteiger partial charge in [0, 0.05) is 0 Å². The molecule has 5 N–H and O–H groups in total. The van der Waals surface area contributed by atoms with E-state index in [2.05, 4.69) is 0 Å². The summed E-state index contributed by atoms with van der Waals surface area (Å²) in [5.74, 6) is -1.99. The lowest BCUT2D eigenvalue weighted by atomic mass is 10.3. The van der Waals surface area contributed by atoms with Crippen LogP contribution in [0.2, 0.25) is 0 Å². The van der Waals surface area contributed by atoms with Gasteiger partial charge in [0.2, 0.25) is 0 Å². The van der Waals surface area contributed by atoms with Gasteiger partial charge in [-0.2, -0.15) is 0 Å². The summed E-state index contributed by atoms with van der Waals surface area (Å²) in [5.41, 5.74) is 1.30. The van der Waals surface area contributed by atoms with Crippen molar-refractivity contribution in [3.8, 4) is 0 Å². The number of carbonyl (C=O) groups is 3. The van der Waals surface area contributed by atoms with Crippen molar-refractivity contribution in [2.75, 3.05) is 6.54 Å². The van der Waals surface area contributed by atoms with Crippen LogP contribution in [0.15, 0.2) is 0 Å². The Morgan fingerprint density at radius 2 is 1.93 bits per heavy atom. The number of hydrogen-bond donors (Lipinski definition) is 5. The number of carbonyl (C=O) groups excluding carboxylic acids is 2. The molecule has 0 saturated heterocycles. The highest BCUT2D eigenvalue weighted by atomic mass is 16.5. The lowest BCUT2D eigenvalue weighted by Crippen LogP contribution is -2.46. The minimum Gasteiger partial charge on any atom is -0.480 e. The zero-order valence-corrected chi connectivity index (χ0v) is 7.40. The van der Waals surface area contributed by atoms with Crippen molar-refractivity contribution in [2.24, 2.45) is 0 Å². The van der Waals surface area contributed by atoms with Crippen molar-refractivity contribution < 1.29 is 24.7 Å². The molecule has 3 amide bonds. The van der Waals surface area contributed by atoms with Crippen molar-refractivity contribution in [3.05, 3.63) is 0 Å². The van der Waals surface area contributed by atoms with E-state index in [4.69, 9.17) is 10.3 Å². The second-order valence-electron chi connectivity index (χ2n) is 2.42. The largest absolute Gasteiger partial charge is 0.480 e. The van der Waals surface area contributed by atoms with Gasteiger partial charge in [-0.05, 0) is 6.92 Å². The van der Waals surface area contributed by atoms with E-state index in [9.17, 15) is 14.4 Å². The van der Waals surface area contributed by atoms with E-state index in [1.54, 1.807) is 0 Å². The van der Waals surface area contributed by atoms with E-state index in [0.29, 0.717) is 0 Å². The number of aliphatic carboxylic acids is 1. The molecule has 0 aliphatic heterocycles. The van der Waals surface area contributed by atoms with Gasteiger partial charge < -0.3 is 15.7 Å². The van der Waals surface area contributed by atoms with Gasteiger partial charge in [0.25, 0.3) is 5.91 Å². The van der Waals surface area contributed by atoms with Gasteiger partial charge >= 0.3 is 12.0 Å². The zero-order chi connectivity index (χ0) is 11.1. The zero-order valence-electron chi connectivity index (χ0n) is 7.40. The molecule has 0 rings (SSSR count). The summed E-state index contributed by atoms with van der Waals surface area (Å²) in [4.78, 5) is 31.5. The molecule has 1 atom stereocenters. The minimum absolute atomic E-state index is 0.436. The molecule has 0 radical (unpaired) electrons. The molecule has 8 heteroatoms. The SMILES string of the molecule is CC(NC(=O)NCC(=O)NO)C(=O)O. The Bertz CT molecular complexity index is 242. The van der Waals surface area contributed by atoms with Gasteiger partial charge in [0.1, 0.15) is 12.6 Å². The predicted molar refractivity (Wildman–Crippen MR) is 43.6 cm³/mol. The fraction of sp³-hybridized carbons (Fsp3) is 0.500. The van der Waals surface area contributed by atoms with Crippen LogP contribution in [-0.4, -0.2) is 40.8 Å². The Hall–Kier alpha value is -1.83. The average molecular weight is 205 g/mol. The van der Waals surface area contributed by atoms with Crippen LogP contribution >= 0.6 is 0 Å². The molecule has 0 aliphatic carbocycles. The number of carboxylic acids is 1. The first-order valence-corrected chi connectivity index (χ1v) is 3.67. The van der Waals surface area contributed by atoms with Crippen LogP contribution in [-0.2, 0) is 9.59 Å². The molecular formula is C6H11N3O5. The predicted octanol–water partition coefficient (Wildman–Crippen LogP) is -1.74. The minimum atomic E-state index is -1.19. The van der Waals surface area contributed by atoms with Crippen molar-refractivity contribution >= 4 is 17.9 Å². The summed E-state index contributed by atoms with van der Waals surface area (Å²) in [5, 5.41) is 20.5. The van der Waals surface area contributed by atoms with Gasteiger partial charge in [-0.3, -0.25) is 14.8 Å². The van der Waals surface area contributed by atoms with Crippen LogP contribution in [0.1, 0.15) is 6.92 Å². The quantitative estimate of drug-likeness (QED) is 0.275. The number of hydroxylamine groups is 1. The molecule has 80 valence electrons. The molecular weight excluding hydrogens is 194 g/mol. The molecule has 14 heavy (non-hydrogen) atoms. The molecule has 0 aliphatic rings. The summed E-state index contributed by atoms with van der Waals surface area (Å²) in [6.45, 7) is 0.836. The number of hydrogen-bond acceptors (Lipinski definition) is 4. The first-order valence-electron chi connectivity index (χ1n) is 3.67. The monoisotopic (exact) mass is 205 g/mol. The summed E-state index contributed by atoms with van der Waals surface area (Å²) in [6.07, 6.45) is 0. The lowest BCUT2D eigenvalue weighted by Gasteiger charge is -2.09. The van der Waals surface area contributed by atoms with Gasteiger partial charge in [-0.15, -0.1) is 0 Å². The second kappa shape index (κ2) is 5.75. The smallest absolute Gasteiger partial charge is 0.325 e. The normalized spacial score (nSPS) is 11.3. The van der Waals surface area contributed by atoms with Crippen LogP contribution in [0.25, 0.3) is 0 Å². The van der Waals surface area contributed by atoms with Crippen molar-refractivity contribution in [1.29, 1.82) is 0 Å². The van der Waals surface area contributed by atoms with Crippen molar-refractivity contribution in [3.63, 3.8) is 0 Å². The molecule has 0 aromatic rings. The fourth-order valence-electron chi connectivity index (χ4n) is 0.509. The van der Waals surface area contributed by atoms with Crippen molar-refractivity contribution in [2.45, 2.75) is 13.0 Å². The maximum absolute atomic E-state index is 10.8. The fourth-order valence-corrected chi connectivity index (χ4v) is 0.509. The molecule has 0 saturated carbocycles. The Kier molecular flexibility index (Phi) is 5.00. The highest BCUT2D eigenvalue weighted by molar-refractivity contribution is 5.85. The molecule has 0 aromatic heterocycles. The molecule has 1 unspecified atom stereocenters. The molecule has 0 bridgehead atoms. The molecule has 8 nitrogen and oxygen atoms in total. The molecule has 0 spiro atoms. The van der Waals surface area contributed by atoms with Crippen LogP contribution in [0.4, 0.5) is 4.79 Å². The van der Waals surface area contributed by atoms with Gasteiger partial charge in [-0.25, -0.2) is 10.3 Å². The van der Waals surface area contributed by atoms with Crippen molar-refractivity contribution in [1.82, 2.24) is 16.1 Å². The highest BCUT2D eigenvalue weighted by Crippen LogP contribution is 1.80. The number of nitrogens with one attached hydrogen (secondary N) is 3. The van der Waals surface area contributed by atoms with E-state index >= 15 is 0 Å². The maximum atomic E-state index is 10.8. The summed E-state index contributed by atoms with van der Waals surface area (Å²) in [7, 11) is 0. The van der Waals surface area contributed by atoms with Crippen LogP contribution < -0.4 is 16.1 Å². The molecule has 0 heterocycles. The van der Waals surface area contributed by atoms with E-state index in [0.717, 1.165) is 0 Å². The topological polar surface area (TPSA) is 128 Å². The van der Waals surface area contributed by atoms with E-state index < -0.39 is 30.5 Å². The van der Waals surface area contributed by atoms with Gasteiger partial charge in [0.05, 0.1) is 0 Å². The number of rotatable bonds is 4. The Balaban J connectivity index is 3.76. The summed E-state index contributed by atoms with van der Waals surface area (Å²) >= 11 is 0. The van der Waals surface area contributed by atoms with E-state index in [1.165, 1.54) is 12.4 Å². The third-order valence-electron chi connectivity index (χ3n) is 1.25. The molecule has 0 aromatic carbocycles. The standard InChI is InChI=1S/C6H11N3O5/c1-3(5(11)12)8-6(13)7-2-4(10)9-14/h3,14H,2H2,1H3,(H,9,10)(H,11,12)(H2,7,8,13). The summed E-state index contributed by atoms with van der Waals surface area (Å²) < 4.78 is 0. The lowest BCUT2D eigenvalue weighted by molar-refractivity contribution is -0.138.